The largest absolute Gasteiger partial charge is 0.497 e. The lowest BCUT2D eigenvalue weighted by Crippen LogP contribution is -2.16. The molecule has 2 aromatic rings. The van der Waals surface area contributed by atoms with Crippen LogP contribution in [0.4, 0.5) is 0 Å². The van der Waals surface area contributed by atoms with E-state index < -0.39 is 0 Å². The number of aromatic nitrogens is 1. The van der Waals surface area contributed by atoms with Crippen LogP contribution < -0.4 is 10.1 Å². The molecule has 0 fully saturated rings. The molecule has 3 heteroatoms. The maximum atomic E-state index is 5.37. The normalized spacial score (nSPS) is 13.0. The Labute approximate surface area is 109 Å². The number of methoxy groups -OCH3 is 1. The summed E-state index contributed by atoms with van der Waals surface area (Å²) in [4.78, 5) is 0. The van der Waals surface area contributed by atoms with Gasteiger partial charge in [0.15, 0.2) is 0 Å². The minimum atomic E-state index is 0.341. The lowest BCUT2D eigenvalue weighted by atomic mass is 10.1. The summed E-state index contributed by atoms with van der Waals surface area (Å²) >= 11 is 0. The van der Waals surface area contributed by atoms with Crippen molar-refractivity contribution in [2.45, 2.75) is 26.8 Å². The number of benzene rings is 1. The highest BCUT2D eigenvalue weighted by atomic mass is 16.5. The number of rotatable bonds is 3. The van der Waals surface area contributed by atoms with E-state index in [0.717, 1.165) is 5.75 Å². The number of aryl methyl sites for hydroxylation is 3. The van der Waals surface area contributed by atoms with Crippen molar-refractivity contribution >= 4 is 10.9 Å². The molecule has 18 heavy (non-hydrogen) atoms. The third kappa shape index (κ3) is 1.79. The van der Waals surface area contributed by atoms with E-state index in [9.17, 15) is 0 Å². The van der Waals surface area contributed by atoms with Gasteiger partial charge in [0.1, 0.15) is 5.75 Å². The summed E-state index contributed by atoms with van der Waals surface area (Å²) in [6.45, 7) is 6.51. The first-order chi connectivity index (χ1) is 8.51. The van der Waals surface area contributed by atoms with Crippen LogP contribution in [0.25, 0.3) is 10.9 Å². The van der Waals surface area contributed by atoms with E-state index in [-0.39, 0.29) is 0 Å². The van der Waals surface area contributed by atoms with E-state index in [1.807, 2.05) is 7.05 Å². The molecule has 1 aromatic carbocycles. The van der Waals surface area contributed by atoms with Crippen LogP contribution in [0.2, 0.25) is 0 Å². The van der Waals surface area contributed by atoms with Crippen LogP contribution in [0.5, 0.6) is 5.75 Å². The number of ether oxygens (including phenoxy) is 1. The Morgan fingerprint density at radius 2 is 1.94 bits per heavy atom. The van der Waals surface area contributed by atoms with Crippen molar-refractivity contribution in [3.63, 3.8) is 0 Å². The maximum Gasteiger partial charge on any atom is 0.119 e. The number of hydrogen-bond donors (Lipinski definition) is 1. The summed E-state index contributed by atoms with van der Waals surface area (Å²) in [6, 6.07) is 4.56. The molecule has 0 bridgehead atoms. The second-order valence-electron chi connectivity index (χ2n) is 4.92. The quantitative estimate of drug-likeness (QED) is 0.900. The van der Waals surface area contributed by atoms with Gasteiger partial charge < -0.3 is 14.6 Å². The van der Waals surface area contributed by atoms with Crippen molar-refractivity contribution in [1.29, 1.82) is 0 Å². The molecule has 0 aliphatic carbocycles. The molecular weight excluding hydrogens is 224 g/mol. The predicted molar refractivity (Wildman–Crippen MR) is 76.4 cm³/mol. The van der Waals surface area contributed by atoms with Gasteiger partial charge in [0.05, 0.1) is 12.6 Å². The molecule has 2 rings (SSSR count). The van der Waals surface area contributed by atoms with Gasteiger partial charge in [-0.15, -0.1) is 0 Å². The van der Waals surface area contributed by atoms with Crippen LogP contribution in [0.15, 0.2) is 12.1 Å². The average Bonchev–Trinajstić information content (AvgIpc) is 2.61. The van der Waals surface area contributed by atoms with Crippen molar-refractivity contribution in [1.82, 2.24) is 9.88 Å². The monoisotopic (exact) mass is 246 g/mol. The van der Waals surface area contributed by atoms with Crippen LogP contribution in [0, 0.1) is 13.8 Å². The van der Waals surface area contributed by atoms with Gasteiger partial charge in [-0.2, -0.15) is 0 Å². The molecule has 1 heterocycles. The molecule has 1 atom stereocenters. The Morgan fingerprint density at radius 1 is 1.28 bits per heavy atom. The Kier molecular flexibility index (Phi) is 3.35. The standard InChI is InChI=1S/C15H22N2O/c1-9-7-12(18-6)8-13-10(2)15(11(3)16-4)17(5)14(9)13/h7-8,11,16H,1-6H3. The second-order valence-corrected chi connectivity index (χ2v) is 4.92. The Bertz CT molecular complexity index is 584. The highest BCUT2D eigenvalue weighted by Gasteiger charge is 2.18. The first-order valence-electron chi connectivity index (χ1n) is 6.32. The van der Waals surface area contributed by atoms with Crippen molar-refractivity contribution in [2.75, 3.05) is 14.2 Å². The summed E-state index contributed by atoms with van der Waals surface area (Å²) in [6.07, 6.45) is 0. The molecule has 0 aliphatic heterocycles. The molecule has 0 spiro atoms. The maximum absolute atomic E-state index is 5.37. The van der Waals surface area contributed by atoms with E-state index in [1.54, 1.807) is 7.11 Å². The van der Waals surface area contributed by atoms with Gasteiger partial charge >= 0.3 is 0 Å². The smallest absolute Gasteiger partial charge is 0.119 e. The third-order valence-electron chi connectivity index (χ3n) is 3.84. The molecule has 98 valence electrons. The third-order valence-corrected chi connectivity index (χ3v) is 3.84. The number of nitrogens with zero attached hydrogens (tertiary/aromatic N) is 1. The van der Waals surface area contributed by atoms with Crippen LogP contribution in [0.1, 0.15) is 29.8 Å². The first-order valence-corrected chi connectivity index (χ1v) is 6.32. The molecule has 0 amide bonds. The lowest BCUT2D eigenvalue weighted by Gasteiger charge is -2.13. The Balaban J connectivity index is 2.81. The Hall–Kier alpha value is -1.48. The molecular formula is C15H22N2O. The van der Waals surface area contributed by atoms with Gasteiger partial charge in [-0.05, 0) is 51.1 Å². The first kappa shape index (κ1) is 13.0. The summed E-state index contributed by atoms with van der Waals surface area (Å²) in [5.41, 5.74) is 5.22. The zero-order chi connectivity index (χ0) is 13.4. The average molecular weight is 246 g/mol. The van der Waals surface area contributed by atoms with E-state index >= 15 is 0 Å². The molecule has 0 saturated carbocycles. The van der Waals surface area contributed by atoms with Crippen molar-refractivity contribution in [3.8, 4) is 5.75 Å². The molecule has 3 nitrogen and oxygen atoms in total. The van der Waals surface area contributed by atoms with Crippen molar-refractivity contribution in [3.05, 3.63) is 29.0 Å². The molecule has 1 N–H and O–H groups in total. The fourth-order valence-corrected chi connectivity index (χ4v) is 2.86. The van der Waals surface area contributed by atoms with E-state index in [0.29, 0.717) is 6.04 Å². The zero-order valence-corrected chi connectivity index (χ0v) is 12.1. The topological polar surface area (TPSA) is 26.2 Å². The molecule has 0 saturated heterocycles. The van der Waals surface area contributed by atoms with Gasteiger partial charge in [0.25, 0.3) is 0 Å². The minimum absolute atomic E-state index is 0.341. The zero-order valence-electron chi connectivity index (χ0n) is 12.1. The number of nitrogens with one attached hydrogen (secondary N) is 1. The fraction of sp³-hybridized carbons (Fsp3) is 0.467. The molecule has 1 aromatic heterocycles. The number of fused-ring (bicyclic) bond motifs is 1. The van der Waals surface area contributed by atoms with E-state index in [1.165, 1.54) is 27.7 Å². The van der Waals surface area contributed by atoms with E-state index in [2.05, 4.69) is 49.8 Å². The molecule has 1 unspecified atom stereocenters. The van der Waals surface area contributed by atoms with Gasteiger partial charge in [0.2, 0.25) is 0 Å². The second kappa shape index (κ2) is 4.65. The van der Waals surface area contributed by atoms with Gasteiger partial charge in [0, 0.05) is 24.2 Å². The highest BCUT2D eigenvalue weighted by molar-refractivity contribution is 5.89. The Morgan fingerprint density at radius 3 is 2.50 bits per heavy atom. The van der Waals surface area contributed by atoms with Crippen LogP contribution in [-0.2, 0) is 7.05 Å². The van der Waals surface area contributed by atoms with Crippen molar-refractivity contribution < 1.29 is 4.74 Å². The molecule has 0 aliphatic rings. The van der Waals surface area contributed by atoms with Gasteiger partial charge in [-0.25, -0.2) is 0 Å². The van der Waals surface area contributed by atoms with Gasteiger partial charge in [-0.1, -0.05) is 0 Å². The fourth-order valence-electron chi connectivity index (χ4n) is 2.86. The van der Waals surface area contributed by atoms with Crippen LogP contribution >= 0.6 is 0 Å². The van der Waals surface area contributed by atoms with Crippen molar-refractivity contribution in [2.24, 2.45) is 7.05 Å². The SMILES string of the molecule is CNC(C)c1c(C)c2cc(OC)cc(C)c2n1C. The van der Waals surface area contributed by atoms with E-state index in [4.69, 9.17) is 4.74 Å². The summed E-state index contributed by atoms with van der Waals surface area (Å²) in [5.74, 6) is 0.928. The predicted octanol–water partition coefficient (Wildman–Crippen LogP) is 3.08. The minimum Gasteiger partial charge on any atom is -0.497 e. The summed E-state index contributed by atoms with van der Waals surface area (Å²) < 4.78 is 7.66. The summed E-state index contributed by atoms with van der Waals surface area (Å²) in [7, 11) is 5.85. The van der Waals surface area contributed by atoms with Gasteiger partial charge in [-0.3, -0.25) is 0 Å². The van der Waals surface area contributed by atoms with Crippen LogP contribution in [0.3, 0.4) is 0 Å². The van der Waals surface area contributed by atoms with Crippen LogP contribution in [-0.4, -0.2) is 18.7 Å². The lowest BCUT2D eigenvalue weighted by molar-refractivity contribution is 0.415. The summed E-state index contributed by atoms with van der Waals surface area (Å²) in [5, 5.41) is 4.60. The number of hydrogen-bond acceptors (Lipinski definition) is 2. The highest BCUT2D eigenvalue weighted by Crippen LogP contribution is 2.33. The molecule has 0 radical (unpaired) electrons.